The largest absolute Gasteiger partial charge is 0.550 e. The van der Waals surface area contributed by atoms with Gasteiger partial charge < -0.3 is 14.6 Å². The summed E-state index contributed by atoms with van der Waals surface area (Å²) in [6.45, 7) is 3.80. The Kier molecular flexibility index (Phi) is 3.50. The molecule has 0 saturated heterocycles. The number of rotatable bonds is 2. The van der Waals surface area contributed by atoms with Crippen molar-refractivity contribution in [2.75, 3.05) is 7.11 Å². The average molecular weight is 211 g/mol. The predicted molar refractivity (Wildman–Crippen MR) is 51.6 cm³/mol. The van der Waals surface area contributed by atoms with Crippen LogP contribution in [0.5, 0.6) is 0 Å². The van der Waals surface area contributed by atoms with Crippen LogP contribution in [0, 0.1) is 11.8 Å². The number of carbonyl (C=O) groups is 2. The zero-order chi connectivity index (χ0) is 11.6. The fourth-order valence-corrected chi connectivity index (χ4v) is 1.94. The summed E-state index contributed by atoms with van der Waals surface area (Å²) in [6.07, 6.45) is 0.838. The second-order valence-corrected chi connectivity index (χ2v) is 4.02. The Morgan fingerprint density at radius 3 is 2.07 bits per heavy atom. The predicted octanol–water partition coefficient (Wildman–Crippen LogP) is 0.272. The quantitative estimate of drug-likeness (QED) is 0.486. The number of methoxy groups -OCH3 is 1. The Balaban J connectivity index is 2.94. The number of carboxylic acids is 1. The lowest BCUT2D eigenvalue weighted by Gasteiger charge is -2.31. The molecule has 4 nitrogen and oxygen atoms in total. The molecule has 0 heterocycles. The van der Waals surface area contributed by atoms with E-state index >= 15 is 0 Å². The van der Waals surface area contributed by atoms with Gasteiger partial charge in [0.25, 0.3) is 0 Å². The van der Waals surface area contributed by atoms with Gasteiger partial charge in [-0.3, -0.25) is 4.79 Å². The van der Waals surface area contributed by atoms with Crippen LogP contribution in [-0.4, -0.2) is 19.0 Å². The molecule has 0 aromatic rings. The van der Waals surface area contributed by atoms with Gasteiger partial charge in [-0.1, -0.05) is 11.1 Å². The summed E-state index contributed by atoms with van der Waals surface area (Å²) >= 11 is 0. The Hall–Kier alpha value is -1.32. The molecule has 0 amide bonds. The van der Waals surface area contributed by atoms with Crippen LogP contribution in [0.15, 0.2) is 11.1 Å². The fourth-order valence-electron chi connectivity index (χ4n) is 1.94. The van der Waals surface area contributed by atoms with Crippen LogP contribution in [0.1, 0.15) is 26.7 Å². The second-order valence-electron chi connectivity index (χ2n) is 4.02. The van der Waals surface area contributed by atoms with Crippen LogP contribution in [0.4, 0.5) is 0 Å². The van der Waals surface area contributed by atoms with Crippen LogP contribution >= 0.6 is 0 Å². The number of aliphatic carboxylic acids is 1. The number of allylic oxidation sites excluding steroid dienone is 2. The van der Waals surface area contributed by atoms with Gasteiger partial charge in [0.2, 0.25) is 0 Å². The van der Waals surface area contributed by atoms with E-state index in [9.17, 15) is 14.7 Å². The first kappa shape index (κ1) is 11.8. The van der Waals surface area contributed by atoms with Gasteiger partial charge in [-0.05, 0) is 26.7 Å². The Morgan fingerprint density at radius 1 is 1.20 bits per heavy atom. The molecule has 1 rings (SSSR count). The maximum absolute atomic E-state index is 11.4. The zero-order valence-electron chi connectivity index (χ0n) is 9.20. The van der Waals surface area contributed by atoms with E-state index in [1.54, 1.807) is 0 Å². The zero-order valence-corrected chi connectivity index (χ0v) is 9.20. The highest BCUT2D eigenvalue weighted by atomic mass is 16.5. The van der Waals surface area contributed by atoms with Crippen molar-refractivity contribution < 1.29 is 19.4 Å². The molecule has 0 saturated carbocycles. The molecule has 1 aliphatic rings. The summed E-state index contributed by atoms with van der Waals surface area (Å²) in [6, 6.07) is 0. The minimum absolute atomic E-state index is 0.383. The molecule has 2 unspecified atom stereocenters. The molecule has 0 aliphatic heterocycles. The number of ether oxygens (including phenoxy) is 1. The molecule has 0 aromatic carbocycles. The van der Waals surface area contributed by atoms with E-state index in [-0.39, 0.29) is 0 Å². The normalized spacial score (nSPS) is 26.3. The summed E-state index contributed by atoms with van der Waals surface area (Å²) in [7, 11) is 1.27. The second kappa shape index (κ2) is 4.47. The van der Waals surface area contributed by atoms with Crippen LogP contribution in [-0.2, 0) is 14.3 Å². The minimum atomic E-state index is -1.17. The van der Waals surface area contributed by atoms with Crippen LogP contribution < -0.4 is 5.11 Å². The maximum atomic E-state index is 11.4. The summed E-state index contributed by atoms with van der Waals surface area (Å²) in [5.74, 6) is -2.97. The molecule has 0 N–H and O–H groups in total. The first-order chi connectivity index (χ1) is 6.97. The van der Waals surface area contributed by atoms with Gasteiger partial charge in [0.15, 0.2) is 0 Å². The standard InChI is InChI=1S/C11H16O4/c1-6-4-8(10(12)13)9(5-7(6)2)11(14)15-3/h8-9H,4-5H2,1-3H3,(H,12,13)/p-1. The molecular formula is C11H15O4-. The third-order valence-corrected chi connectivity index (χ3v) is 3.07. The molecule has 1 aliphatic carbocycles. The Morgan fingerprint density at radius 2 is 1.67 bits per heavy atom. The molecule has 0 bridgehead atoms. The number of carbonyl (C=O) groups excluding carboxylic acids is 2. The van der Waals surface area contributed by atoms with Crippen molar-refractivity contribution in [2.24, 2.45) is 11.8 Å². The van der Waals surface area contributed by atoms with Crippen molar-refractivity contribution in [3.63, 3.8) is 0 Å². The van der Waals surface area contributed by atoms with E-state index in [0.29, 0.717) is 12.8 Å². The average Bonchev–Trinajstić information content (AvgIpc) is 2.20. The van der Waals surface area contributed by atoms with Gasteiger partial charge in [-0.15, -0.1) is 0 Å². The van der Waals surface area contributed by atoms with Crippen molar-refractivity contribution in [2.45, 2.75) is 26.7 Å². The molecule has 0 spiro atoms. The molecule has 0 aromatic heterocycles. The summed E-state index contributed by atoms with van der Waals surface area (Å²) in [4.78, 5) is 22.3. The Bertz CT molecular complexity index is 317. The van der Waals surface area contributed by atoms with Crippen LogP contribution in [0.2, 0.25) is 0 Å². The van der Waals surface area contributed by atoms with Crippen LogP contribution in [0.3, 0.4) is 0 Å². The third kappa shape index (κ3) is 2.37. The van der Waals surface area contributed by atoms with Crippen molar-refractivity contribution in [1.29, 1.82) is 0 Å². The van der Waals surface area contributed by atoms with Crippen molar-refractivity contribution in [3.8, 4) is 0 Å². The molecular weight excluding hydrogens is 196 g/mol. The van der Waals surface area contributed by atoms with Gasteiger partial charge in [0, 0.05) is 11.9 Å². The van der Waals surface area contributed by atoms with E-state index in [4.69, 9.17) is 0 Å². The SMILES string of the molecule is COC(=O)C1CC(C)=C(C)CC1C(=O)[O-]. The lowest BCUT2D eigenvalue weighted by atomic mass is 9.76. The van der Waals surface area contributed by atoms with E-state index in [0.717, 1.165) is 11.1 Å². The minimum Gasteiger partial charge on any atom is -0.550 e. The third-order valence-electron chi connectivity index (χ3n) is 3.07. The highest BCUT2D eigenvalue weighted by Gasteiger charge is 2.34. The van der Waals surface area contributed by atoms with Crippen molar-refractivity contribution >= 4 is 11.9 Å². The van der Waals surface area contributed by atoms with Gasteiger partial charge in [0.05, 0.1) is 13.0 Å². The number of hydrogen-bond donors (Lipinski definition) is 0. The molecule has 0 radical (unpaired) electrons. The fraction of sp³-hybridized carbons (Fsp3) is 0.636. The smallest absolute Gasteiger partial charge is 0.309 e. The van der Waals surface area contributed by atoms with Gasteiger partial charge in [0.1, 0.15) is 0 Å². The van der Waals surface area contributed by atoms with Crippen molar-refractivity contribution in [3.05, 3.63) is 11.1 Å². The maximum Gasteiger partial charge on any atom is 0.309 e. The lowest BCUT2D eigenvalue weighted by Crippen LogP contribution is -2.41. The molecule has 0 fully saturated rings. The van der Waals surface area contributed by atoms with E-state index < -0.39 is 23.8 Å². The van der Waals surface area contributed by atoms with Gasteiger partial charge >= 0.3 is 5.97 Å². The van der Waals surface area contributed by atoms with E-state index in [2.05, 4.69) is 4.74 Å². The van der Waals surface area contributed by atoms with Gasteiger partial charge in [-0.2, -0.15) is 0 Å². The first-order valence-electron chi connectivity index (χ1n) is 4.91. The van der Waals surface area contributed by atoms with Crippen LogP contribution in [0.25, 0.3) is 0 Å². The highest BCUT2D eigenvalue weighted by molar-refractivity contribution is 5.81. The molecule has 15 heavy (non-hydrogen) atoms. The van der Waals surface area contributed by atoms with E-state index in [1.807, 2.05) is 13.8 Å². The monoisotopic (exact) mass is 211 g/mol. The summed E-state index contributed by atoms with van der Waals surface area (Å²) < 4.78 is 4.60. The molecule has 2 atom stereocenters. The van der Waals surface area contributed by atoms with E-state index in [1.165, 1.54) is 7.11 Å². The highest BCUT2D eigenvalue weighted by Crippen LogP contribution is 2.34. The number of carboxylic acid groups (broad SMARTS) is 1. The van der Waals surface area contributed by atoms with Crippen molar-refractivity contribution in [1.82, 2.24) is 0 Å². The molecule has 84 valence electrons. The number of esters is 1. The first-order valence-corrected chi connectivity index (χ1v) is 4.91. The summed E-state index contributed by atoms with van der Waals surface area (Å²) in [5.41, 5.74) is 2.10. The number of hydrogen-bond acceptors (Lipinski definition) is 4. The topological polar surface area (TPSA) is 66.4 Å². The lowest BCUT2D eigenvalue weighted by molar-refractivity contribution is -0.313. The Labute approximate surface area is 88.9 Å². The summed E-state index contributed by atoms with van der Waals surface area (Å²) in [5, 5.41) is 10.9. The van der Waals surface area contributed by atoms with Gasteiger partial charge in [-0.25, -0.2) is 0 Å². The molecule has 4 heteroatoms.